The molecule has 1 aromatic carbocycles. The van der Waals surface area contributed by atoms with E-state index in [1.807, 2.05) is 24.1 Å². The van der Waals surface area contributed by atoms with Gasteiger partial charge in [0.1, 0.15) is 5.82 Å². The number of aldehydes is 1. The predicted octanol–water partition coefficient (Wildman–Crippen LogP) is 2.67. The molecule has 0 aliphatic rings. The summed E-state index contributed by atoms with van der Waals surface area (Å²) in [5.74, 6) is -0.500. The Hall–Kier alpha value is -2.23. The van der Waals surface area contributed by atoms with Crippen molar-refractivity contribution in [1.29, 1.82) is 0 Å². The highest BCUT2D eigenvalue weighted by atomic mass is 19.1. The number of halogens is 1. The molecule has 0 fully saturated rings. The average molecular weight is 244 g/mol. The number of pyridine rings is 1. The number of carbonyl (C=O) groups is 1. The fourth-order valence-corrected chi connectivity index (χ4v) is 1.83. The summed E-state index contributed by atoms with van der Waals surface area (Å²) < 4.78 is 13.5. The Balaban J connectivity index is 2.26. The van der Waals surface area contributed by atoms with E-state index in [2.05, 4.69) is 4.98 Å². The van der Waals surface area contributed by atoms with Crippen LogP contribution in [0.25, 0.3) is 0 Å². The van der Waals surface area contributed by atoms with E-state index in [0.29, 0.717) is 18.5 Å². The second kappa shape index (κ2) is 5.40. The van der Waals surface area contributed by atoms with Crippen LogP contribution in [-0.2, 0) is 6.54 Å². The molecular weight excluding hydrogens is 231 g/mol. The van der Waals surface area contributed by atoms with E-state index < -0.39 is 5.82 Å². The lowest BCUT2D eigenvalue weighted by Crippen LogP contribution is -2.18. The van der Waals surface area contributed by atoms with Gasteiger partial charge in [0.25, 0.3) is 0 Å². The molecule has 0 radical (unpaired) electrons. The smallest absolute Gasteiger partial charge is 0.155 e. The first-order chi connectivity index (χ1) is 8.72. The molecule has 0 aliphatic carbocycles. The summed E-state index contributed by atoms with van der Waals surface area (Å²) >= 11 is 0. The number of aromatic nitrogens is 1. The minimum absolute atomic E-state index is 0.0869. The monoisotopic (exact) mass is 244 g/mol. The highest BCUT2D eigenvalue weighted by molar-refractivity contribution is 5.84. The molecule has 3 nitrogen and oxygen atoms in total. The van der Waals surface area contributed by atoms with Gasteiger partial charge >= 0.3 is 0 Å². The molecule has 0 aliphatic heterocycles. The summed E-state index contributed by atoms with van der Waals surface area (Å²) in [5, 5.41) is 0. The summed E-state index contributed by atoms with van der Waals surface area (Å²) in [7, 11) is 1.81. The number of hydrogen-bond acceptors (Lipinski definition) is 3. The Morgan fingerprint density at radius 3 is 2.83 bits per heavy atom. The van der Waals surface area contributed by atoms with Gasteiger partial charge in [0.15, 0.2) is 6.29 Å². The van der Waals surface area contributed by atoms with Crippen LogP contribution in [0.1, 0.15) is 15.9 Å². The second-order valence-corrected chi connectivity index (χ2v) is 4.01. The summed E-state index contributed by atoms with van der Waals surface area (Å²) in [6.45, 7) is 0.568. The largest absolute Gasteiger partial charge is 0.370 e. The van der Waals surface area contributed by atoms with Gasteiger partial charge in [0.05, 0.1) is 11.3 Å². The van der Waals surface area contributed by atoms with Gasteiger partial charge in [-0.2, -0.15) is 0 Å². The van der Waals surface area contributed by atoms with E-state index >= 15 is 0 Å². The molecule has 0 saturated carbocycles. The highest BCUT2D eigenvalue weighted by Gasteiger charge is 2.11. The molecule has 2 aromatic rings. The van der Waals surface area contributed by atoms with Crippen molar-refractivity contribution < 1.29 is 9.18 Å². The summed E-state index contributed by atoms with van der Waals surface area (Å²) in [6.07, 6.45) is 3.99. The van der Waals surface area contributed by atoms with Gasteiger partial charge in [0.2, 0.25) is 0 Å². The molecular formula is C14H13FN2O. The van der Waals surface area contributed by atoms with Gasteiger partial charge in [-0.1, -0.05) is 12.1 Å². The molecule has 4 heteroatoms. The minimum Gasteiger partial charge on any atom is -0.370 e. The fraction of sp³-hybridized carbons (Fsp3) is 0.143. The lowest BCUT2D eigenvalue weighted by Gasteiger charge is -2.21. The number of rotatable bonds is 4. The second-order valence-electron chi connectivity index (χ2n) is 4.01. The van der Waals surface area contributed by atoms with Gasteiger partial charge < -0.3 is 4.90 Å². The minimum atomic E-state index is -0.500. The molecule has 0 bridgehead atoms. The summed E-state index contributed by atoms with van der Waals surface area (Å²) in [4.78, 5) is 16.8. The van der Waals surface area contributed by atoms with Gasteiger partial charge in [-0.15, -0.1) is 0 Å². The third kappa shape index (κ3) is 2.53. The van der Waals surface area contributed by atoms with Crippen LogP contribution in [0, 0.1) is 5.82 Å². The van der Waals surface area contributed by atoms with Crippen molar-refractivity contribution in [3.8, 4) is 0 Å². The van der Waals surface area contributed by atoms with E-state index in [1.54, 1.807) is 24.5 Å². The van der Waals surface area contributed by atoms with Crippen molar-refractivity contribution in [1.82, 2.24) is 4.98 Å². The lowest BCUT2D eigenvalue weighted by molar-refractivity contribution is 0.112. The molecule has 92 valence electrons. The maximum atomic E-state index is 13.5. The first kappa shape index (κ1) is 12.2. The first-order valence-corrected chi connectivity index (χ1v) is 5.56. The zero-order valence-electron chi connectivity index (χ0n) is 10.0. The molecule has 0 amide bonds. The zero-order chi connectivity index (χ0) is 13.0. The molecule has 18 heavy (non-hydrogen) atoms. The lowest BCUT2D eigenvalue weighted by atomic mass is 10.1. The maximum absolute atomic E-state index is 13.5. The fourth-order valence-electron chi connectivity index (χ4n) is 1.83. The zero-order valence-corrected chi connectivity index (χ0v) is 10.0. The molecule has 0 saturated heterocycles. The SMILES string of the molecule is CN(Cc1cccnc1)c1cccc(F)c1C=O. The van der Waals surface area contributed by atoms with Gasteiger partial charge in [-0.25, -0.2) is 4.39 Å². The van der Waals surface area contributed by atoms with Crippen LogP contribution in [0.3, 0.4) is 0 Å². The number of anilines is 1. The van der Waals surface area contributed by atoms with E-state index in [-0.39, 0.29) is 5.56 Å². The van der Waals surface area contributed by atoms with Crippen LogP contribution in [0.2, 0.25) is 0 Å². The van der Waals surface area contributed by atoms with Gasteiger partial charge in [-0.05, 0) is 23.8 Å². The van der Waals surface area contributed by atoms with Crippen molar-refractivity contribution >= 4 is 12.0 Å². The third-order valence-electron chi connectivity index (χ3n) is 2.70. The molecule has 2 rings (SSSR count). The van der Waals surface area contributed by atoms with Crippen LogP contribution >= 0.6 is 0 Å². The number of carbonyl (C=O) groups excluding carboxylic acids is 1. The molecule has 1 aromatic heterocycles. The number of benzene rings is 1. The Labute approximate surface area is 105 Å². The quantitative estimate of drug-likeness (QED) is 0.775. The van der Waals surface area contributed by atoms with Crippen molar-refractivity contribution in [2.24, 2.45) is 0 Å². The van der Waals surface area contributed by atoms with Gasteiger partial charge in [0, 0.05) is 26.0 Å². The highest BCUT2D eigenvalue weighted by Crippen LogP contribution is 2.21. The van der Waals surface area contributed by atoms with Gasteiger partial charge in [-0.3, -0.25) is 9.78 Å². The number of hydrogen-bond donors (Lipinski definition) is 0. The van der Waals surface area contributed by atoms with Crippen molar-refractivity contribution in [3.63, 3.8) is 0 Å². The van der Waals surface area contributed by atoms with Crippen LogP contribution in [0.4, 0.5) is 10.1 Å². The summed E-state index contributed by atoms with van der Waals surface area (Å²) in [5.41, 5.74) is 1.67. The Bertz CT molecular complexity index is 543. The van der Waals surface area contributed by atoms with Crippen LogP contribution in [0.5, 0.6) is 0 Å². The number of nitrogens with zero attached hydrogens (tertiary/aromatic N) is 2. The topological polar surface area (TPSA) is 33.2 Å². The standard InChI is InChI=1S/C14H13FN2O/c1-17(9-11-4-3-7-16-8-11)14-6-2-5-13(15)12(14)10-18/h2-8,10H,9H2,1H3. The van der Waals surface area contributed by atoms with Crippen LogP contribution < -0.4 is 4.90 Å². The van der Waals surface area contributed by atoms with E-state index in [9.17, 15) is 9.18 Å². The Kier molecular flexibility index (Phi) is 3.67. The van der Waals surface area contributed by atoms with Crippen LogP contribution in [-0.4, -0.2) is 18.3 Å². The molecule has 1 heterocycles. The summed E-state index contributed by atoms with van der Waals surface area (Å²) in [6, 6.07) is 8.38. The van der Waals surface area contributed by atoms with E-state index in [0.717, 1.165) is 5.56 Å². The Morgan fingerprint density at radius 1 is 1.33 bits per heavy atom. The molecule has 0 atom stereocenters. The predicted molar refractivity (Wildman–Crippen MR) is 68.1 cm³/mol. The Morgan fingerprint density at radius 2 is 2.17 bits per heavy atom. The maximum Gasteiger partial charge on any atom is 0.155 e. The van der Waals surface area contributed by atoms with Crippen molar-refractivity contribution in [2.45, 2.75) is 6.54 Å². The molecule has 0 unspecified atom stereocenters. The van der Waals surface area contributed by atoms with Crippen molar-refractivity contribution in [3.05, 3.63) is 59.7 Å². The first-order valence-electron chi connectivity index (χ1n) is 5.56. The molecule has 0 N–H and O–H groups in total. The third-order valence-corrected chi connectivity index (χ3v) is 2.70. The normalized spacial score (nSPS) is 10.1. The van der Waals surface area contributed by atoms with E-state index in [4.69, 9.17) is 0 Å². The average Bonchev–Trinajstić information content (AvgIpc) is 2.39. The molecule has 0 spiro atoms. The van der Waals surface area contributed by atoms with Crippen molar-refractivity contribution in [2.75, 3.05) is 11.9 Å². The van der Waals surface area contributed by atoms with E-state index in [1.165, 1.54) is 6.07 Å². The van der Waals surface area contributed by atoms with Crippen LogP contribution in [0.15, 0.2) is 42.7 Å².